The summed E-state index contributed by atoms with van der Waals surface area (Å²) in [6.07, 6.45) is 112. The fourth-order valence-electron chi connectivity index (χ4n) is 10.7. The molecule has 0 aromatic heterocycles. The summed E-state index contributed by atoms with van der Waals surface area (Å²) in [5.41, 5.74) is 0. The summed E-state index contributed by atoms with van der Waals surface area (Å²) in [4.78, 5) is 58.8. The molecule has 0 amide bonds. The van der Waals surface area contributed by atoms with E-state index in [0.29, 0.717) is 25.7 Å². The molecule has 0 bridgehead atoms. The third kappa shape index (κ3) is 84.9. The zero-order chi connectivity index (χ0) is 80.8. The van der Waals surface area contributed by atoms with E-state index >= 15 is 0 Å². The number of phosphoric ester groups is 2. The van der Waals surface area contributed by atoms with Crippen molar-refractivity contribution >= 4 is 33.6 Å². The smallest absolute Gasteiger partial charge is 0.463 e. The van der Waals surface area contributed by atoms with E-state index in [2.05, 4.69) is 227 Å². The molecule has 18 heteroatoms. The average molecular weight is 1590 g/mol. The molecule has 0 saturated carbocycles. The molecule has 628 valence electrons. The predicted octanol–water partition coefficient (Wildman–Crippen LogP) is 25.7. The van der Waals surface area contributed by atoms with Crippen molar-refractivity contribution in [1.29, 1.82) is 0 Å². The lowest BCUT2D eigenvalue weighted by Gasteiger charge is -2.21. The van der Waals surface area contributed by atoms with E-state index in [1.54, 1.807) is 0 Å². The fraction of sp³-hybridized carbons (Fsp3) is 0.602. The quantitative estimate of drug-likeness (QED) is 0.0146. The Labute approximate surface area is 673 Å². The highest BCUT2D eigenvalue weighted by Gasteiger charge is 2.29. The van der Waals surface area contributed by atoms with E-state index in [0.717, 1.165) is 186 Å². The van der Waals surface area contributed by atoms with Crippen molar-refractivity contribution in [1.82, 2.24) is 0 Å². The van der Waals surface area contributed by atoms with Crippen LogP contribution in [0.1, 0.15) is 303 Å². The highest BCUT2D eigenvalue weighted by molar-refractivity contribution is 7.47. The molecule has 0 heterocycles. The molecular weight excluding hydrogens is 1430 g/mol. The van der Waals surface area contributed by atoms with Crippen LogP contribution in [0.5, 0.6) is 0 Å². The van der Waals surface area contributed by atoms with Crippen LogP contribution in [0.4, 0.5) is 0 Å². The maximum absolute atomic E-state index is 13.0. The number of ether oxygens (including phenoxy) is 3. The molecule has 111 heavy (non-hydrogen) atoms. The number of allylic oxidation sites excluding steroid dienone is 34. The molecular formula is C93H150O16P2. The molecule has 0 spiro atoms. The van der Waals surface area contributed by atoms with Crippen molar-refractivity contribution < 1.29 is 75.8 Å². The first-order valence-corrected chi connectivity index (χ1v) is 45.4. The van der Waals surface area contributed by atoms with Crippen LogP contribution in [-0.2, 0) is 55.8 Å². The van der Waals surface area contributed by atoms with Crippen LogP contribution in [0.15, 0.2) is 207 Å². The number of esters is 3. The summed E-state index contributed by atoms with van der Waals surface area (Å²) < 4.78 is 61.3. The van der Waals surface area contributed by atoms with Gasteiger partial charge in [-0.25, -0.2) is 9.13 Å². The lowest BCUT2D eigenvalue weighted by Crippen LogP contribution is -2.30. The molecule has 0 aromatic rings. The lowest BCUT2D eigenvalue weighted by atomic mass is 10.0. The minimum absolute atomic E-state index is 0.0387. The van der Waals surface area contributed by atoms with Gasteiger partial charge in [-0.3, -0.25) is 32.5 Å². The van der Waals surface area contributed by atoms with Crippen molar-refractivity contribution in [2.75, 3.05) is 39.6 Å². The van der Waals surface area contributed by atoms with Crippen LogP contribution in [0.25, 0.3) is 0 Å². The zero-order valence-electron chi connectivity index (χ0n) is 68.8. The first kappa shape index (κ1) is 105. The van der Waals surface area contributed by atoms with Crippen molar-refractivity contribution in [2.45, 2.75) is 322 Å². The van der Waals surface area contributed by atoms with E-state index in [-0.39, 0.29) is 19.3 Å². The Hall–Kier alpha value is -5.87. The van der Waals surface area contributed by atoms with E-state index in [9.17, 15) is 43.5 Å². The molecule has 5 unspecified atom stereocenters. The van der Waals surface area contributed by atoms with Gasteiger partial charge in [-0.15, -0.1) is 0 Å². The molecule has 0 aromatic carbocycles. The number of unbranched alkanes of at least 4 members (excludes halogenated alkanes) is 21. The Morgan fingerprint density at radius 2 is 0.450 bits per heavy atom. The van der Waals surface area contributed by atoms with Crippen molar-refractivity contribution in [3.05, 3.63) is 207 Å². The van der Waals surface area contributed by atoms with Gasteiger partial charge in [-0.1, -0.05) is 324 Å². The standard InChI is InChI=1S/C93H150O16P2/c1-4-7-10-13-16-19-22-25-28-31-34-37-39-40-41-42-43-44-45-46-48-51-52-55-58-61-64-67-70-73-76-79-91(96)103-82-88(94)83-105-110(99,100)106-84-89(95)85-107-111(101,102)108-87-90(109-93(98)81-78-75-72-69-66-63-60-57-54-49-36-33-30-27-24-21-18-15-12-9-6-3)86-104-92(97)80-77-74-71-68-65-62-59-56-53-50-47-38-35-32-29-26-23-20-17-14-11-8-5-2/h7-12,16-21,25-30,34-38,40-41,43-44,49-50,53,57,60,66,69,88-90,94-95H,4-6,13-15,22-24,31-33,39,42,45-48,51-52,54-56,58-59,61-65,67-68,70-87H2,1-3H3,(H,99,100)(H,101,102)/b10-7-,11-8-,12-9-,19-16-,20-17-,21-18-,28-25-,29-26-,30-27-,37-34-,38-35-,41-40-,44-43-,49-36-,53-50-,60-57-,69-66-. The third-order valence-electron chi connectivity index (χ3n) is 17.0. The Balaban J connectivity index is 4.66. The van der Waals surface area contributed by atoms with Gasteiger partial charge >= 0.3 is 33.6 Å². The predicted molar refractivity (Wildman–Crippen MR) is 463 cm³/mol. The monoisotopic (exact) mass is 1590 g/mol. The van der Waals surface area contributed by atoms with Crippen LogP contribution in [-0.4, -0.2) is 95.9 Å². The number of phosphoric acid groups is 2. The van der Waals surface area contributed by atoms with E-state index in [1.165, 1.54) is 51.4 Å². The van der Waals surface area contributed by atoms with Gasteiger partial charge in [0.05, 0.1) is 26.4 Å². The molecule has 0 aliphatic rings. The highest BCUT2D eigenvalue weighted by atomic mass is 31.2. The minimum Gasteiger partial charge on any atom is -0.463 e. The van der Waals surface area contributed by atoms with Gasteiger partial charge < -0.3 is 34.2 Å². The molecule has 0 fully saturated rings. The van der Waals surface area contributed by atoms with Crippen LogP contribution in [0.2, 0.25) is 0 Å². The summed E-state index contributed by atoms with van der Waals surface area (Å²) >= 11 is 0. The van der Waals surface area contributed by atoms with Gasteiger partial charge in [-0.2, -0.15) is 0 Å². The molecule has 0 saturated heterocycles. The van der Waals surface area contributed by atoms with Crippen molar-refractivity contribution in [2.24, 2.45) is 0 Å². The number of rotatable bonds is 78. The van der Waals surface area contributed by atoms with Gasteiger partial charge in [0, 0.05) is 19.3 Å². The zero-order valence-corrected chi connectivity index (χ0v) is 70.6. The molecule has 0 aliphatic heterocycles. The number of hydrogen-bond acceptors (Lipinski definition) is 14. The Morgan fingerprint density at radius 1 is 0.252 bits per heavy atom. The van der Waals surface area contributed by atoms with Crippen LogP contribution in [0.3, 0.4) is 0 Å². The molecule has 0 aliphatic carbocycles. The summed E-state index contributed by atoms with van der Waals surface area (Å²) in [7, 11) is -9.84. The van der Waals surface area contributed by atoms with E-state index in [1.807, 2.05) is 0 Å². The first-order chi connectivity index (χ1) is 54.2. The SMILES string of the molecule is CC/C=C\C/C=C\C/C=C\C/C=C\C/C=C\C/C=C\CCCCCCCCCCCCCCC(=O)OCC(O)COP(=O)(O)OCC(O)COP(=O)(O)OCC(COC(=O)CCCCCCCCC/C=C\C/C=C\C/C=C\C/C=C\C/C=C\CC)OC(=O)CCCC/C=C\C/C=C\C/C=C\C/C=C\C/C=C\C/C=C\CC. The normalized spacial score (nSPS) is 14.9. The fourth-order valence-corrected chi connectivity index (χ4v) is 12.2. The van der Waals surface area contributed by atoms with Crippen LogP contribution >= 0.6 is 15.6 Å². The van der Waals surface area contributed by atoms with Crippen molar-refractivity contribution in [3.63, 3.8) is 0 Å². The third-order valence-corrected chi connectivity index (χ3v) is 18.9. The summed E-state index contributed by atoms with van der Waals surface area (Å²) in [6.45, 7) is 2.26. The topological polar surface area (TPSA) is 231 Å². The first-order valence-electron chi connectivity index (χ1n) is 42.4. The number of hydrogen-bond donors (Lipinski definition) is 4. The van der Waals surface area contributed by atoms with E-state index < -0.39 is 91.5 Å². The molecule has 16 nitrogen and oxygen atoms in total. The summed E-state index contributed by atoms with van der Waals surface area (Å²) in [5, 5.41) is 20.7. The number of carbonyl (C=O) groups is 3. The van der Waals surface area contributed by atoms with Gasteiger partial charge in [0.15, 0.2) is 6.10 Å². The Kier molecular flexibility index (Phi) is 79.1. The second-order valence-corrected chi connectivity index (χ2v) is 30.4. The number of aliphatic hydroxyl groups is 2. The molecule has 5 atom stereocenters. The summed E-state index contributed by atoms with van der Waals surface area (Å²) in [6, 6.07) is 0. The maximum Gasteiger partial charge on any atom is 0.472 e. The highest BCUT2D eigenvalue weighted by Crippen LogP contribution is 2.45. The lowest BCUT2D eigenvalue weighted by molar-refractivity contribution is -0.161. The van der Waals surface area contributed by atoms with Gasteiger partial charge in [-0.05, 0) is 167 Å². The molecule has 0 radical (unpaired) electrons. The Bertz CT molecular complexity index is 2850. The largest absolute Gasteiger partial charge is 0.472 e. The Morgan fingerprint density at radius 3 is 0.730 bits per heavy atom. The molecule has 0 rings (SSSR count). The average Bonchev–Trinajstić information content (AvgIpc) is 0.900. The second kappa shape index (κ2) is 83.6. The van der Waals surface area contributed by atoms with Gasteiger partial charge in [0.1, 0.15) is 25.4 Å². The number of carbonyl (C=O) groups excluding carboxylic acids is 3. The second-order valence-electron chi connectivity index (χ2n) is 27.5. The van der Waals surface area contributed by atoms with E-state index in [4.69, 9.17) is 32.3 Å². The van der Waals surface area contributed by atoms with Crippen LogP contribution < -0.4 is 0 Å². The van der Waals surface area contributed by atoms with Crippen molar-refractivity contribution in [3.8, 4) is 0 Å². The van der Waals surface area contributed by atoms with Gasteiger partial charge in [0.25, 0.3) is 0 Å². The van der Waals surface area contributed by atoms with Crippen LogP contribution in [0, 0.1) is 0 Å². The molecule has 4 N–H and O–H groups in total. The minimum atomic E-state index is -4.96. The summed E-state index contributed by atoms with van der Waals surface area (Å²) in [5.74, 6) is -1.65. The maximum atomic E-state index is 13.0. The number of aliphatic hydroxyl groups excluding tert-OH is 2. The van der Waals surface area contributed by atoms with Gasteiger partial charge in [0.2, 0.25) is 0 Å².